The summed E-state index contributed by atoms with van der Waals surface area (Å²) in [4.78, 5) is 29.0. The molecule has 0 spiro atoms. The van der Waals surface area contributed by atoms with Crippen molar-refractivity contribution in [2.24, 2.45) is 0 Å². The van der Waals surface area contributed by atoms with E-state index in [0.717, 1.165) is 22.2 Å². The van der Waals surface area contributed by atoms with Crippen LogP contribution in [-0.2, 0) is 20.7 Å². The van der Waals surface area contributed by atoms with Gasteiger partial charge in [-0.05, 0) is 17.7 Å². The van der Waals surface area contributed by atoms with Crippen molar-refractivity contribution in [3.8, 4) is 0 Å². The summed E-state index contributed by atoms with van der Waals surface area (Å²) in [6.07, 6.45) is 11.0. The van der Waals surface area contributed by atoms with Crippen LogP contribution < -0.4 is 5.32 Å². The van der Waals surface area contributed by atoms with Gasteiger partial charge in [0.15, 0.2) is 0 Å². The number of hydrogen-bond donors (Lipinski definition) is 2. The molecule has 6 heteroatoms. The zero-order valence-electron chi connectivity index (χ0n) is 15.4. The Bertz CT molecular complexity index is 924. The van der Waals surface area contributed by atoms with E-state index in [4.69, 9.17) is 4.74 Å². The number of methoxy groups -OCH3 is 1. The Morgan fingerprint density at radius 1 is 1.37 bits per heavy atom. The second-order valence-electron chi connectivity index (χ2n) is 6.30. The highest BCUT2D eigenvalue weighted by molar-refractivity contribution is 5.88. The number of nitrogens with zero attached hydrogens (tertiary/aromatic N) is 1. The van der Waals surface area contributed by atoms with Gasteiger partial charge < -0.3 is 19.9 Å². The Kier molecular flexibility index (Phi) is 5.76. The van der Waals surface area contributed by atoms with Gasteiger partial charge in [0.25, 0.3) is 0 Å². The van der Waals surface area contributed by atoms with Crippen molar-refractivity contribution in [2.45, 2.75) is 18.9 Å². The van der Waals surface area contributed by atoms with E-state index < -0.39 is 6.04 Å². The molecule has 1 heterocycles. The molecule has 140 valence electrons. The van der Waals surface area contributed by atoms with E-state index in [-0.39, 0.29) is 5.91 Å². The maximum absolute atomic E-state index is 13.1. The predicted molar refractivity (Wildman–Crippen MR) is 105 cm³/mol. The van der Waals surface area contributed by atoms with E-state index in [1.165, 1.54) is 0 Å². The van der Waals surface area contributed by atoms with Gasteiger partial charge in [-0.25, -0.2) is 0 Å². The SMILES string of the molecule is COC1=C(N(C)C(=O)C(Cc2c[nH]c3ccccc23)NC=O)CC=CC=C1. The Labute approximate surface area is 158 Å². The molecule has 1 unspecified atom stereocenters. The summed E-state index contributed by atoms with van der Waals surface area (Å²) in [5.74, 6) is 0.438. The fraction of sp³-hybridized carbons (Fsp3) is 0.238. The lowest BCUT2D eigenvalue weighted by Crippen LogP contribution is -2.45. The number of carbonyl (C=O) groups is 2. The summed E-state index contributed by atoms with van der Waals surface area (Å²) in [5.41, 5.74) is 2.74. The molecule has 27 heavy (non-hydrogen) atoms. The first-order chi connectivity index (χ1) is 13.2. The summed E-state index contributed by atoms with van der Waals surface area (Å²) in [5, 5.41) is 3.71. The van der Waals surface area contributed by atoms with Crippen molar-refractivity contribution in [3.05, 3.63) is 71.8 Å². The van der Waals surface area contributed by atoms with Gasteiger partial charge >= 0.3 is 0 Å². The number of para-hydroxylation sites is 1. The van der Waals surface area contributed by atoms with Crippen LogP contribution in [0, 0.1) is 0 Å². The number of hydrogen-bond acceptors (Lipinski definition) is 3. The first-order valence-corrected chi connectivity index (χ1v) is 8.78. The number of benzene rings is 1. The van der Waals surface area contributed by atoms with Gasteiger partial charge in [0, 0.05) is 37.0 Å². The molecule has 1 atom stereocenters. The average Bonchev–Trinajstić information content (AvgIpc) is 2.94. The number of fused-ring (bicyclic) bond motifs is 1. The van der Waals surface area contributed by atoms with Crippen LogP contribution in [-0.4, -0.2) is 42.4 Å². The fourth-order valence-electron chi connectivity index (χ4n) is 3.27. The monoisotopic (exact) mass is 365 g/mol. The van der Waals surface area contributed by atoms with Crippen LogP contribution in [0.25, 0.3) is 10.9 Å². The number of H-pyrrole nitrogens is 1. The molecule has 2 amide bonds. The first-order valence-electron chi connectivity index (χ1n) is 8.78. The lowest BCUT2D eigenvalue weighted by Gasteiger charge is -2.26. The normalized spacial score (nSPS) is 14.7. The molecular formula is C21H23N3O3. The minimum absolute atomic E-state index is 0.194. The van der Waals surface area contributed by atoms with Crippen molar-refractivity contribution in [1.82, 2.24) is 15.2 Å². The van der Waals surface area contributed by atoms with Gasteiger partial charge in [0.1, 0.15) is 11.8 Å². The van der Waals surface area contributed by atoms with Gasteiger partial charge in [-0.15, -0.1) is 0 Å². The van der Waals surface area contributed by atoms with Crippen LogP contribution in [0.4, 0.5) is 0 Å². The summed E-state index contributed by atoms with van der Waals surface area (Å²) in [7, 11) is 3.29. The molecule has 1 aliphatic rings. The average molecular weight is 365 g/mol. The third-order valence-corrected chi connectivity index (χ3v) is 4.71. The van der Waals surface area contributed by atoms with Gasteiger partial charge in [0.05, 0.1) is 12.8 Å². The number of nitrogens with one attached hydrogen (secondary N) is 2. The minimum Gasteiger partial charge on any atom is -0.495 e. The Morgan fingerprint density at radius 2 is 2.19 bits per heavy atom. The van der Waals surface area contributed by atoms with Gasteiger partial charge in [-0.1, -0.05) is 36.4 Å². The molecule has 3 rings (SSSR count). The Hall–Kier alpha value is -3.28. The van der Waals surface area contributed by atoms with Crippen LogP contribution in [0.1, 0.15) is 12.0 Å². The zero-order valence-corrected chi connectivity index (χ0v) is 15.4. The summed E-state index contributed by atoms with van der Waals surface area (Å²) < 4.78 is 5.42. The van der Waals surface area contributed by atoms with E-state index in [1.807, 2.05) is 54.8 Å². The molecule has 0 saturated carbocycles. The predicted octanol–water partition coefficient (Wildman–Crippen LogP) is 2.66. The summed E-state index contributed by atoms with van der Waals surface area (Å²) >= 11 is 0. The van der Waals surface area contributed by atoms with E-state index in [2.05, 4.69) is 10.3 Å². The molecule has 0 saturated heterocycles. The van der Waals surface area contributed by atoms with Crippen LogP contribution in [0.2, 0.25) is 0 Å². The Balaban J connectivity index is 1.86. The maximum atomic E-state index is 13.1. The number of rotatable bonds is 7. The summed E-state index contributed by atoms with van der Waals surface area (Å²) in [6, 6.07) is 7.22. The third kappa shape index (κ3) is 3.95. The van der Waals surface area contributed by atoms with Crippen LogP contribution in [0.3, 0.4) is 0 Å². The molecule has 1 aromatic heterocycles. The number of aromatic amines is 1. The van der Waals surface area contributed by atoms with E-state index in [9.17, 15) is 9.59 Å². The number of allylic oxidation sites excluding steroid dienone is 4. The number of amides is 2. The lowest BCUT2D eigenvalue weighted by molar-refractivity contribution is -0.132. The molecule has 0 fully saturated rings. The van der Waals surface area contributed by atoms with Crippen molar-refractivity contribution in [3.63, 3.8) is 0 Å². The van der Waals surface area contributed by atoms with Gasteiger partial charge in [-0.3, -0.25) is 9.59 Å². The van der Waals surface area contributed by atoms with Gasteiger partial charge in [-0.2, -0.15) is 0 Å². The smallest absolute Gasteiger partial charge is 0.249 e. The van der Waals surface area contributed by atoms with Crippen molar-refractivity contribution >= 4 is 23.2 Å². The minimum atomic E-state index is -0.673. The molecule has 0 radical (unpaired) electrons. The summed E-state index contributed by atoms with van der Waals surface area (Å²) in [6.45, 7) is 0. The largest absolute Gasteiger partial charge is 0.495 e. The molecule has 2 N–H and O–H groups in total. The lowest BCUT2D eigenvalue weighted by atomic mass is 10.0. The van der Waals surface area contributed by atoms with Crippen LogP contribution >= 0.6 is 0 Å². The number of carbonyl (C=O) groups excluding carboxylic acids is 2. The standard InChI is InChI=1S/C21H23N3O3/c1-24(19-10-4-3-5-11-20(19)27-2)21(26)18(23-14-25)12-15-13-22-17-9-7-6-8-16(15)17/h3-9,11,13-14,18,22H,10,12H2,1-2H3,(H,23,25). The molecule has 2 aromatic rings. The zero-order chi connectivity index (χ0) is 19.2. The molecule has 0 bridgehead atoms. The Morgan fingerprint density at radius 3 is 2.96 bits per heavy atom. The van der Waals surface area contributed by atoms with Crippen molar-refractivity contribution < 1.29 is 14.3 Å². The maximum Gasteiger partial charge on any atom is 0.249 e. The van der Waals surface area contributed by atoms with Crippen molar-refractivity contribution in [1.29, 1.82) is 0 Å². The highest BCUT2D eigenvalue weighted by Crippen LogP contribution is 2.22. The van der Waals surface area contributed by atoms with E-state index in [0.29, 0.717) is 25.0 Å². The molecular weight excluding hydrogens is 342 g/mol. The number of likely N-dealkylation sites (N-methyl/N-ethyl adjacent to an activating group) is 1. The number of ether oxygens (including phenoxy) is 1. The second-order valence-corrected chi connectivity index (χ2v) is 6.30. The van der Waals surface area contributed by atoms with E-state index >= 15 is 0 Å². The molecule has 0 aliphatic heterocycles. The fourth-order valence-corrected chi connectivity index (χ4v) is 3.27. The van der Waals surface area contributed by atoms with E-state index in [1.54, 1.807) is 19.1 Å². The molecule has 1 aromatic carbocycles. The molecule has 6 nitrogen and oxygen atoms in total. The number of aromatic nitrogens is 1. The third-order valence-electron chi connectivity index (χ3n) is 4.71. The topological polar surface area (TPSA) is 74.4 Å². The molecule has 1 aliphatic carbocycles. The quantitative estimate of drug-likeness (QED) is 0.741. The van der Waals surface area contributed by atoms with Crippen LogP contribution in [0.5, 0.6) is 0 Å². The first kappa shape index (κ1) is 18.5. The highest BCUT2D eigenvalue weighted by atomic mass is 16.5. The second kappa shape index (κ2) is 8.40. The van der Waals surface area contributed by atoms with Gasteiger partial charge in [0.2, 0.25) is 12.3 Å². The van der Waals surface area contributed by atoms with Crippen molar-refractivity contribution in [2.75, 3.05) is 14.2 Å². The highest BCUT2D eigenvalue weighted by Gasteiger charge is 2.26. The van der Waals surface area contributed by atoms with Crippen LogP contribution in [0.15, 0.2) is 66.2 Å².